The number of phenolic OH excluding ortho intramolecular Hbond substituents is 1. The van der Waals surface area contributed by atoms with E-state index in [1.54, 1.807) is 24.4 Å². The lowest BCUT2D eigenvalue weighted by Crippen LogP contribution is -2.10. The number of para-hydroxylation sites is 1. The molecule has 0 saturated carbocycles. The summed E-state index contributed by atoms with van der Waals surface area (Å²) in [6.07, 6.45) is 1.66. The van der Waals surface area contributed by atoms with E-state index in [1.807, 2.05) is 100 Å². The Hall–Kier alpha value is -7.04. The molecule has 2 heterocycles. The zero-order valence-corrected chi connectivity index (χ0v) is 37.9. The van der Waals surface area contributed by atoms with E-state index in [1.165, 1.54) is 17.7 Å². The first-order chi connectivity index (χ1) is 35.1. The second-order valence-corrected chi connectivity index (χ2v) is 18.4. The quantitative estimate of drug-likeness (QED) is 0.166. The van der Waals surface area contributed by atoms with Crippen LogP contribution in [0.25, 0.3) is 83.9 Å². The van der Waals surface area contributed by atoms with Crippen LogP contribution in [0.15, 0.2) is 164 Å². The molecule has 324 valence electrons. The lowest BCUT2D eigenvalue weighted by atomic mass is 9.86. The average molecular weight is 860 g/mol. The molecule has 4 nitrogen and oxygen atoms in total. The molecule has 9 aromatic rings. The van der Waals surface area contributed by atoms with Crippen molar-refractivity contribution in [3.8, 4) is 78.6 Å². The molecule has 7 aromatic carbocycles. The normalized spacial score (nSPS) is 15.1. The van der Waals surface area contributed by atoms with Gasteiger partial charge in [-0.2, -0.15) is 0 Å². The molecule has 0 fully saturated rings. The number of phenols is 1. The van der Waals surface area contributed by atoms with Crippen molar-refractivity contribution < 1.29 is 18.8 Å². The van der Waals surface area contributed by atoms with Crippen LogP contribution in [0.5, 0.6) is 5.75 Å². The molecule has 0 unspecified atom stereocenters. The fourth-order valence-corrected chi connectivity index (χ4v) is 8.72. The van der Waals surface area contributed by atoms with E-state index < -0.39 is 31.9 Å². The molecule has 9 rings (SSSR count). The molecule has 0 spiro atoms. The summed E-state index contributed by atoms with van der Waals surface area (Å²) in [5.74, 6) is -0.227. The van der Waals surface area contributed by atoms with Crippen LogP contribution in [0, 0.1) is 13.8 Å². The van der Waals surface area contributed by atoms with Gasteiger partial charge >= 0.3 is 0 Å². The number of aromatic hydroxyl groups is 1. The zero-order valence-electron chi connectivity index (χ0n) is 47.9. The molecular formula is C61H59N3O. The number of aromatic nitrogens is 3. The first-order valence-electron chi connectivity index (χ1n) is 26.9. The topological polar surface area (TPSA) is 50.9 Å². The van der Waals surface area contributed by atoms with Crippen molar-refractivity contribution in [3.05, 3.63) is 192 Å². The number of aryl methyl sites for hydroxylation is 2. The molecule has 0 aliphatic heterocycles. The highest BCUT2D eigenvalue weighted by atomic mass is 16.3. The van der Waals surface area contributed by atoms with Crippen LogP contribution in [0.1, 0.15) is 103 Å². The summed E-state index contributed by atoms with van der Waals surface area (Å²) in [6, 6.07) is 50.4. The maximum Gasteiger partial charge on any atom is 0.149 e. The molecule has 0 radical (unpaired) electrons. The summed E-state index contributed by atoms with van der Waals surface area (Å²) >= 11 is 0. The molecule has 0 saturated heterocycles. The van der Waals surface area contributed by atoms with Crippen LogP contribution in [-0.4, -0.2) is 19.6 Å². The van der Waals surface area contributed by atoms with Crippen LogP contribution >= 0.6 is 0 Å². The van der Waals surface area contributed by atoms with Gasteiger partial charge in [-0.25, -0.2) is 4.98 Å². The Kier molecular flexibility index (Phi) is 8.44. The van der Waals surface area contributed by atoms with Gasteiger partial charge in [-0.3, -0.25) is 9.55 Å². The van der Waals surface area contributed by atoms with E-state index in [9.17, 15) is 5.11 Å². The van der Waals surface area contributed by atoms with Gasteiger partial charge in [-0.15, -0.1) is 0 Å². The minimum Gasteiger partial charge on any atom is -0.507 e. The van der Waals surface area contributed by atoms with Gasteiger partial charge < -0.3 is 5.11 Å². The van der Waals surface area contributed by atoms with Crippen molar-refractivity contribution in [1.82, 2.24) is 14.5 Å². The SMILES string of the molecule is [2H]C(C)(C)c1ccc(-n2c(-c3cc(C)cc(C)c3O)nc3c(-c4cc(-c5ccccc5)cc(-c5cc(-c6ccc(C(C([2H])([2H])[2H])(C([2H])([2H])[2H])C([2H])([2H])[2H])cc6)ccn5)c4)cccc32)c(-c2ccc(C(C)(C)C)cc2)c1. The molecule has 0 bridgehead atoms. The summed E-state index contributed by atoms with van der Waals surface area (Å²) in [5.41, 5.74) is 11.2. The Bertz CT molecular complexity index is 3560. The van der Waals surface area contributed by atoms with Crippen molar-refractivity contribution in [2.45, 2.75) is 85.7 Å². The minimum absolute atomic E-state index is 0.0623. The summed E-state index contributed by atoms with van der Waals surface area (Å²) in [7, 11) is 0. The van der Waals surface area contributed by atoms with Crippen molar-refractivity contribution in [2.24, 2.45) is 0 Å². The van der Waals surface area contributed by atoms with Crippen LogP contribution < -0.4 is 0 Å². The molecule has 65 heavy (non-hydrogen) atoms. The number of rotatable bonds is 8. The standard InChI is InChI=1S/C61H59N3O/c1-38(2)44-23-28-55(52(36-44)43-21-26-50(27-22-43)61(8,9)10)64-56-18-14-17-51(57(56)63-59(64)53-32-39(3)31-40(4)58(53)65)47-33-46(41-15-12-11-13-16-41)34-48(35-47)54-37-45(29-30-62-54)42-19-24-49(25-20-42)60(5,6)7/h11-38,65H,1-10H3/i5D3,6D3,7D3,38D. The number of benzene rings is 7. The zero-order chi connectivity index (χ0) is 54.2. The number of fused-ring (bicyclic) bond motifs is 1. The molecular weight excluding hydrogens is 791 g/mol. The second kappa shape index (κ2) is 16.8. The summed E-state index contributed by atoms with van der Waals surface area (Å²) in [4.78, 5) is 10.3. The first-order valence-corrected chi connectivity index (χ1v) is 21.9. The highest BCUT2D eigenvalue weighted by Crippen LogP contribution is 2.43. The summed E-state index contributed by atoms with van der Waals surface area (Å²) in [5, 5.41) is 11.9. The fourth-order valence-electron chi connectivity index (χ4n) is 8.72. The molecule has 4 heteroatoms. The Morgan fingerprint density at radius 2 is 1.23 bits per heavy atom. The first kappa shape index (κ1) is 32.6. The van der Waals surface area contributed by atoms with Crippen molar-refractivity contribution in [3.63, 3.8) is 0 Å². The van der Waals surface area contributed by atoms with Gasteiger partial charge in [-0.1, -0.05) is 158 Å². The average Bonchev–Trinajstić information content (AvgIpc) is 3.77. The molecule has 0 amide bonds. The molecule has 1 N–H and O–H groups in total. The van der Waals surface area contributed by atoms with Crippen molar-refractivity contribution in [2.75, 3.05) is 0 Å². The van der Waals surface area contributed by atoms with Gasteiger partial charge in [0, 0.05) is 36.6 Å². The van der Waals surface area contributed by atoms with E-state index in [2.05, 4.69) is 79.9 Å². The third-order valence-corrected chi connectivity index (χ3v) is 12.3. The second-order valence-electron chi connectivity index (χ2n) is 18.4. The third kappa shape index (κ3) is 8.54. The number of pyridine rings is 1. The van der Waals surface area contributed by atoms with E-state index in [-0.39, 0.29) is 16.7 Å². The summed E-state index contributed by atoms with van der Waals surface area (Å²) in [6.45, 7) is 4.09. The third-order valence-electron chi connectivity index (χ3n) is 12.3. The van der Waals surface area contributed by atoms with Gasteiger partial charge in [0.25, 0.3) is 0 Å². The van der Waals surface area contributed by atoms with Crippen molar-refractivity contribution in [1.29, 1.82) is 0 Å². The Labute approximate surface area is 399 Å². The van der Waals surface area contributed by atoms with E-state index in [0.29, 0.717) is 39.3 Å². The highest BCUT2D eigenvalue weighted by Gasteiger charge is 2.24. The predicted molar refractivity (Wildman–Crippen MR) is 274 cm³/mol. The number of nitrogens with zero attached hydrogens (tertiary/aromatic N) is 3. The number of hydrogen-bond acceptors (Lipinski definition) is 3. The van der Waals surface area contributed by atoms with Crippen molar-refractivity contribution >= 4 is 11.0 Å². The molecule has 0 aliphatic carbocycles. The Balaban J connectivity index is 1.26. The maximum absolute atomic E-state index is 11.9. The number of imidazole rings is 1. The van der Waals surface area contributed by atoms with Gasteiger partial charge in [-0.05, 0) is 146 Å². The van der Waals surface area contributed by atoms with E-state index in [4.69, 9.17) is 23.7 Å². The van der Waals surface area contributed by atoms with E-state index >= 15 is 0 Å². The number of hydrogen-bond donors (Lipinski definition) is 1. The molecule has 0 atom stereocenters. The molecule has 2 aromatic heterocycles. The van der Waals surface area contributed by atoms with Crippen LogP contribution in [0.4, 0.5) is 0 Å². The lowest BCUT2D eigenvalue weighted by molar-refractivity contribution is 0.472. The largest absolute Gasteiger partial charge is 0.507 e. The van der Waals surface area contributed by atoms with Crippen LogP contribution in [0.2, 0.25) is 0 Å². The minimum atomic E-state index is -3.38. The Morgan fingerprint density at radius 1 is 0.569 bits per heavy atom. The van der Waals surface area contributed by atoms with Gasteiger partial charge in [0.15, 0.2) is 0 Å². The fraction of sp³-hybridized carbons (Fsp3) is 0.213. The lowest BCUT2D eigenvalue weighted by Gasteiger charge is -2.21. The predicted octanol–water partition coefficient (Wildman–Crippen LogP) is 16.5. The van der Waals surface area contributed by atoms with Gasteiger partial charge in [0.2, 0.25) is 0 Å². The van der Waals surface area contributed by atoms with E-state index in [0.717, 1.165) is 61.3 Å². The highest BCUT2D eigenvalue weighted by molar-refractivity contribution is 5.98. The van der Waals surface area contributed by atoms with Crippen LogP contribution in [0.3, 0.4) is 0 Å². The maximum atomic E-state index is 11.9. The summed E-state index contributed by atoms with van der Waals surface area (Å²) < 4.78 is 85.2. The van der Waals surface area contributed by atoms with Crippen LogP contribution in [-0.2, 0) is 10.8 Å². The van der Waals surface area contributed by atoms with Gasteiger partial charge in [0.1, 0.15) is 11.6 Å². The smallest absolute Gasteiger partial charge is 0.149 e. The molecule has 0 aliphatic rings. The van der Waals surface area contributed by atoms with Gasteiger partial charge in [0.05, 0.1) is 28.0 Å². The Morgan fingerprint density at radius 3 is 1.92 bits per heavy atom. The monoisotopic (exact) mass is 860 g/mol.